The molecule has 0 aromatic carbocycles. The number of ether oxygens (including phenoxy) is 1. The molecule has 0 spiro atoms. The number of aromatic carboxylic acids is 1. The third kappa shape index (κ3) is 2.80. The van der Waals surface area contributed by atoms with Gasteiger partial charge in [-0.05, 0) is 18.9 Å². The van der Waals surface area contributed by atoms with Gasteiger partial charge in [0, 0.05) is 23.7 Å². The molecule has 5 heteroatoms. The minimum absolute atomic E-state index is 0.0554. The van der Waals surface area contributed by atoms with Gasteiger partial charge in [0.1, 0.15) is 0 Å². The lowest BCUT2D eigenvalue weighted by atomic mass is 10.3. The van der Waals surface area contributed by atoms with Crippen molar-refractivity contribution in [1.29, 1.82) is 0 Å². The van der Waals surface area contributed by atoms with Crippen LogP contribution < -0.4 is 0 Å². The van der Waals surface area contributed by atoms with E-state index in [4.69, 9.17) is 14.3 Å². The first-order chi connectivity index (χ1) is 7.77. The maximum atomic E-state index is 10.8. The van der Waals surface area contributed by atoms with Crippen molar-refractivity contribution in [2.45, 2.75) is 24.7 Å². The summed E-state index contributed by atoms with van der Waals surface area (Å²) in [4.78, 5) is 10.8. The minimum Gasteiger partial charge on any atom is -0.475 e. The quantitative estimate of drug-likeness (QED) is 0.859. The lowest BCUT2D eigenvalue weighted by Crippen LogP contribution is -2.08. The Hall–Kier alpha value is -0.940. The zero-order chi connectivity index (χ0) is 11.4. The van der Waals surface area contributed by atoms with Gasteiger partial charge in [-0.1, -0.05) is 0 Å². The predicted octanol–water partition coefficient (Wildman–Crippen LogP) is 2.39. The van der Waals surface area contributed by atoms with Crippen LogP contribution in [0.15, 0.2) is 16.7 Å². The largest absolute Gasteiger partial charge is 0.475 e. The van der Waals surface area contributed by atoms with Crippen molar-refractivity contribution >= 4 is 17.7 Å². The minimum atomic E-state index is -1.00. The molecule has 16 heavy (non-hydrogen) atoms. The van der Waals surface area contributed by atoms with Crippen LogP contribution in [0.1, 0.15) is 29.0 Å². The van der Waals surface area contributed by atoms with E-state index in [1.807, 2.05) is 0 Å². The van der Waals surface area contributed by atoms with Crippen molar-refractivity contribution in [2.24, 2.45) is 0 Å². The summed E-state index contributed by atoms with van der Waals surface area (Å²) in [6, 6.07) is 1.71. The van der Waals surface area contributed by atoms with E-state index in [0.29, 0.717) is 11.9 Å². The molecule has 1 unspecified atom stereocenters. The maximum Gasteiger partial charge on any atom is 0.372 e. The summed E-state index contributed by atoms with van der Waals surface area (Å²) in [5.41, 5.74) is 0.746. The Kier molecular flexibility index (Phi) is 3.90. The Balaban J connectivity index is 1.80. The third-order valence-corrected chi connectivity index (χ3v) is 3.65. The van der Waals surface area contributed by atoms with Crippen LogP contribution in [0.25, 0.3) is 0 Å². The normalized spacial score (nSPS) is 20.1. The van der Waals surface area contributed by atoms with Crippen molar-refractivity contribution in [1.82, 2.24) is 0 Å². The number of carboxylic acids is 1. The SMILES string of the molecule is O=C(O)c1occc1CSCC1CCCO1. The highest BCUT2D eigenvalue weighted by molar-refractivity contribution is 7.98. The number of hydrogen-bond donors (Lipinski definition) is 1. The Morgan fingerprint density at radius 1 is 1.62 bits per heavy atom. The molecule has 1 saturated heterocycles. The van der Waals surface area contributed by atoms with Gasteiger partial charge in [-0.3, -0.25) is 0 Å². The van der Waals surface area contributed by atoms with Gasteiger partial charge in [0.15, 0.2) is 0 Å². The number of thioether (sulfide) groups is 1. The lowest BCUT2D eigenvalue weighted by molar-refractivity contribution is 0.0661. The van der Waals surface area contributed by atoms with E-state index < -0.39 is 5.97 Å². The first kappa shape index (κ1) is 11.5. The topological polar surface area (TPSA) is 59.7 Å². The predicted molar refractivity (Wildman–Crippen MR) is 60.8 cm³/mol. The fourth-order valence-electron chi connectivity index (χ4n) is 1.71. The first-order valence-electron chi connectivity index (χ1n) is 5.26. The number of furan rings is 1. The summed E-state index contributed by atoms with van der Waals surface area (Å²) in [5, 5.41) is 8.84. The van der Waals surface area contributed by atoms with Crippen LogP contribution in [0.4, 0.5) is 0 Å². The van der Waals surface area contributed by atoms with Gasteiger partial charge in [0.25, 0.3) is 0 Å². The molecule has 1 aliphatic rings. The second-order valence-corrected chi connectivity index (χ2v) is 4.76. The second-order valence-electron chi connectivity index (χ2n) is 3.73. The van der Waals surface area contributed by atoms with E-state index in [9.17, 15) is 4.79 Å². The van der Waals surface area contributed by atoms with Gasteiger partial charge in [0.05, 0.1) is 12.4 Å². The van der Waals surface area contributed by atoms with E-state index >= 15 is 0 Å². The van der Waals surface area contributed by atoms with Crippen LogP contribution in [0, 0.1) is 0 Å². The highest BCUT2D eigenvalue weighted by atomic mass is 32.2. The molecule has 0 bridgehead atoms. The van der Waals surface area contributed by atoms with E-state index in [0.717, 1.165) is 30.8 Å². The molecular formula is C11H14O4S. The summed E-state index contributed by atoms with van der Waals surface area (Å²) < 4.78 is 10.4. The van der Waals surface area contributed by atoms with Crippen molar-refractivity contribution in [3.05, 3.63) is 23.7 Å². The number of carboxylic acid groups (broad SMARTS) is 1. The summed E-state index contributed by atoms with van der Waals surface area (Å²) in [7, 11) is 0. The monoisotopic (exact) mass is 242 g/mol. The van der Waals surface area contributed by atoms with Crippen molar-refractivity contribution in [3.8, 4) is 0 Å². The molecule has 1 N–H and O–H groups in total. The molecule has 2 rings (SSSR count). The molecular weight excluding hydrogens is 228 g/mol. The summed E-state index contributed by atoms with van der Waals surface area (Å²) in [6.07, 6.45) is 4.01. The Morgan fingerprint density at radius 2 is 2.50 bits per heavy atom. The van der Waals surface area contributed by atoms with Crippen LogP contribution in [-0.4, -0.2) is 29.5 Å². The van der Waals surface area contributed by atoms with Crippen molar-refractivity contribution in [2.75, 3.05) is 12.4 Å². The van der Waals surface area contributed by atoms with E-state index in [1.54, 1.807) is 17.8 Å². The summed E-state index contributed by atoms with van der Waals surface area (Å²) >= 11 is 1.69. The first-order valence-corrected chi connectivity index (χ1v) is 6.42. The Morgan fingerprint density at radius 3 is 3.19 bits per heavy atom. The van der Waals surface area contributed by atoms with Gasteiger partial charge >= 0.3 is 5.97 Å². The Labute approximate surface area is 98.0 Å². The molecule has 88 valence electrons. The molecule has 0 aliphatic carbocycles. The summed E-state index contributed by atoms with van der Waals surface area (Å²) in [5.74, 6) is 0.639. The van der Waals surface area contributed by atoms with Gasteiger partial charge in [-0.15, -0.1) is 0 Å². The average Bonchev–Trinajstić information content (AvgIpc) is 2.87. The molecule has 0 radical (unpaired) electrons. The molecule has 1 aromatic rings. The molecule has 4 nitrogen and oxygen atoms in total. The van der Waals surface area contributed by atoms with Crippen LogP contribution >= 0.6 is 11.8 Å². The molecule has 2 heterocycles. The van der Waals surface area contributed by atoms with Crippen molar-refractivity contribution < 1.29 is 19.1 Å². The van der Waals surface area contributed by atoms with Crippen molar-refractivity contribution in [3.63, 3.8) is 0 Å². The van der Waals surface area contributed by atoms with E-state index in [1.165, 1.54) is 6.26 Å². The smallest absolute Gasteiger partial charge is 0.372 e. The standard InChI is InChI=1S/C11H14O4S/c12-11(13)10-8(3-5-15-10)6-16-7-9-2-1-4-14-9/h3,5,9H,1-2,4,6-7H2,(H,12,13). The zero-order valence-corrected chi connectivity index (χ0v) is 9.66. The van der Waals surface area contributed by atoms with Crippen LogP contribution in [0.3, 0.4) is 0 Å². The molecule has 1 atom stereocenters. The van der Waals surface area contributed by atoms with Crippen LogP contribution in [0.5, 0.6) is 0 Å². The zero-order valence-electron chi connectivity index (χ0n) is 8.85. The number of rotatable bonds is 5. The fraction of sp³-hybridized carbons (Fsp3) is 0.545. The highest BCUT2D eigenvalue weighted by Gasteiger charge is 2.17. The molecule has 1 aliphatic heterocycles. The lowest BCUT2D eigenvalue weighted by Gasteiger charge is -2.07. The van der Waals surface area contributed by atoms with Crippen LogP contribution in [-0.2, 0) is 10.5 Å². The van der Waals surface area contributed by atoms with Crippen LogP contribution in [0.2, 0.25) is 0 Å². The van der Waals surface area contributed by atoms with Gasteiger partial charge in [-0.25, -0.2) is 4.79 Å². The summed E-state index contributed by atoms with van der Waals surface area (Å²) in [6.45, 7) is 0.858. The number of hydrogen-bond acceptors (Lipinski definition) is 4. The maximum absolute atomic E-state index is 10.8. The van der Waals surface area contributed by atoms with Gasteiger partial charge in [-0.2, -0.15) is 11.8 Å². The fourth-order valence-corrected chi connectivity index (χ4v) is 2.80. The van der Waals surface area contributed by atoms with Gasteiger partial charge < -0.3 is 14.3 Å². The molecule has 1 fully saturated rings. The molecule has 0 amide bonds. The third-order valence-electron chi connectivity index (χ3n) is 2.53. The molecule has 0 saturated carbocycles. The molecule has 1 aromatic heterocycles. The van der Waals surface area contributed by atoms with E-state index in [2.05, 4.69) is 0 Å². The Bertz CT molecular complexity index is 355. The van der Waals surface area contributed by atoms with Gasteiger partial charge in [0.2, 0.25) is 5.76 Å². The average molecular weight is 242 g/mol. The highest BCUT2D eigenvalue weighted by Crippen LogP contribution is 2.22. The second kappa shape index (κ2) is 5.41. The van der Waals surface area contributed by atoms with E-state index in [-0.39, 0.29) is 5.76 Å². The number of carbonyl (C=O) groups is 1.